The van der Waals surface area contributed by atoms with E-state index in [1.165, 1.54) is 38.7 Å². The van der Waals surface area contributed by atoms with Gasteiger partial charge in [0.1, 0.15) is 5.75 Å². The summed E-state index contributed by atoms with van der Waals surface area (Å²) >= 11 is 0. The van der Waals surface area contributed by atoms with Gasteiger partial charge < -0.3 is 4.74 Å². The first-order chi connectivity index (χ1) is 11.1. The van der Waals surface area contributed by atoms with E-state index in [9.17, 15) is 0 Å². The van der Waals surface area contributed by atoms with Crippen LogP contribution >= 0.6 is 0 Å². The summed E-state index contributed by atoms with van der Waals surface area (Å²) in [6, 6.07) is 13.0. The van der Waals surface area contributed by atoms with E-state index in [1.54, 1.807) is 7.11 Å². The number of nitrogens with zero attached hydrogens (tertiary/aromatic N) is 1. The molecule has 1 aromatic heterocycles. The van der Waals surface area contributed by atoms with Gasteiger partial charge in [-0.3, -0.25) is 4.98 Å². The van der Waals surface area contributed by atoms with Gasteiger partial charge in [0.25, 0.3) is 0 Å². The van der Waals surface area contributed by atoms with Crippen LogP contribution in [0, 0.1) is 20.8 Å². The summed E-state index contributed by atoms with van der Waals surface area (Å²) in [7, 11) is 1.71. The lowest BCUT2D eigenvalue weighted by molar-refractivity contribution is 0.411. The second-order valence-electron chi connectivity index (χ2n) is 6.22. The predicted molar refractivity (Wildman–Crippen MR) is 96.4 cm³/mol. The number of aryl methyl sites for hydroxylation is 5. The molecule has 0 spiro atoms. The Morgan fingerprint density at radius 2 is 1.65 bits per heavy atom. The van der Waals surface area contributed by atoms with Crippen LogP contribution in [-0.2, 0) is 12.8 Å². The van der Waals surface area contributed by atoms with Gasteiger partial charge in [0.2, 0.25) is 0 Å². The van der Waals surface area contributed by atoms with Crippen LogP contribution in [0.1, 0.15) is 27.9 Å². The molecule has 3 rings (SSSR count). The van der Waals surface area contributed by atoms with Crippen molar-refractivity contribution in [3.05, 3.63) is 70.5 Å². The third kappa shape index (κ3) is 3.21. The van der Waals surface area contributed by atoms with Gasteiger partial charge in [-0.15, -0.1) is 0 Å². The Labute approximate surface area is 138 Å². The van der Waals surface area contributed by atoms with Crippen molar-refractivity contribution in [1.82, 2.24) is 4.98 Å². The molecule has 0 aliphatic carbocycles. The quantitative estimate of drug-likeness (QED) is 0.680. The fraction of sp³-hybridized carbons (Fsp3) is 0.286. The van der Waals surface area contributed by atoms with Gasteiger partial charge in [0, 0.05) is 17.3 Å². The van der Waals surface area contributed by atoms with Crippen LogP contribution in [0.5, 0.6) is 5.75 Å². The Morgan fingerprint density at radius 3 is 2.39 bits per heavy atom. The van der Waals surface area contributed by atoms with Crippen molar-refractivity contribution in [2.45, 2.75) is 33.6 Å². The minimum Gasteiger partial charge on any atom is -0.496 e. The molecule has 0 bridgehead atoms. The Hall–Kier alpha value is -2.35. The SMILES string of the molecule is COc1ccc(CCc2nccc3cc(C)c(C)cc23)cc1C. The Bertz CT molecular complexity index is 852. The second-order valence-corrected chi connectivity index (χ2v) is 6.22. The van der Waals surface area contributed by atoms with Gasteiger partial charge in [0.05, 0.1) is 7.11 Å². The number of methoxy groups -OCH3 is 1. The van der Waals surface area contributed by atoms with E-state index >= 15 is 0 Å². The molecule has 23 heavy (non-hydrogen) atoms. The van der Waals surface area contributed by atoms with Crippen LogP contribution in [0.15, 0.2) is 42.6 Å². The molecule has 2 nitrogen and oxygen atoms in total. The lowest BCUT2D eigenvalue weighted by Crippen LogP contribution is -1.97. The maximum Gasteiger partial charge on any atom is 0.121 e. The zero-order valence-corrected chi connectivity index (χ0v) is 14.3. The number of hydrogen-bond acceptors (Lipinski definition) is 2. The topological polar surface area (TPSA) is 22.1 Å². The van der Waals surface area contributed by atoms with Crippen LogP contribution in [0.25, 0.3) is 10.8 Å². The molecule has 0 atom stereocenters. The first-order valence-corrected chi connectivity index (χ1v) is 8.07. The van der Waals surface area contributed by atoms with E-state index in [1.807, 2.05) is 6.20 Å². The summed E-state index contributed by atoms with van der Waals surface area (Å²) in [6.07, 6.45) is 3.86. The second kappa shape index (κ2) is 6.41. The zero-order valence-electron chi connectivity index (χ0n) is 14.3. The van der Waals surface area contributed by atoms with Crippen LogP contribution < -0.4 is 4.74 Å². The predicted octanol–water partition coefficient (Wildman–Crippen LogP) is 4.95. The van der Waals surface area contributed by atoms with E-state index in [-0.39, 0.29) is 0 Å². The molecule has 0 saturated heterocycles. The van der Waals surface area contributed by atoms with E-state index in [0.717, 1.165) is 18.6 Å². The van der Waals surface area contributed by atoms with Crippen molar-refractivity contribution in [1.29, 1.82) is 0 Å². The molecule has 1 heterocycles. The highest BCUT2D eigenvalue weighted by Gasteiger charge is 2.06. The fourth-order valence-electron chi connectivity index (χ4n) is 3.06. The molecule has 0 aliphatic heterocycles. The van der Waals surface area contributed by atoms with Crippen LogP contribution in [0.2, 0.25) is 0 Å². The number of hydrogen-bond donors (Lipinski definition) is 0. The molecule has 0 unspecified atom stereocenters. The number of pyridine rings is 1. The Balaban J connectivity index is 1.87. The molecule has 2 aromatic carbocycles. The molecule has 118 valence electrons. The van der Waals surface area contributed by atoms with Crippen molar-refractivity contribution >= 4 is 10.8 Å². The molecule has 0 amide bonds. The minimum atomic E-state index is 0.947. The lowest BCUT2D eigenvalue weighted by atomic mass is 9.99. The molecular weight excluding hydrogens is 282 g/mol. The molecular formula is C21H23NO. The van der Waals surface area contributed by atoms with Gasteiger partial charge in [-0.1, -0.05) is 18.2 Å². The summed E-state index contributed by atoms with van der Waals surface area (Å²) in [5.74, 6) is 0.947. The monoisotopic (exact) mass is 305 g/mol. The first kappa shape index (κ1) is 15.5. The van der Waals surface area contributed by atoms with Gasteiger partial charge in [-0.25, -0.2) is 0 Å². The standard InChI is InChI=1S/C21H23NO/c1-14-12-18-9-10-22-20(19(18)13-15(14)2)7-5-17-6-8-21(23-4)16(3)11-17/h6,8-13H,5,7H2,1-4H3. The third-order valence-electron chi connectivity index (χ3n) is 4.57. The van der Waals surface area contributed by atoms with E-state index in [2.05, 4.69) is 62.2 Å². The minimum absolute atomic E-state index is 0.947. The summed E-state index contributed by atoms with van der Waals surface area (Å²) in [4.78, 5) is 4.62. The lowest BCUT2D eigenvalue weighted by Gasteiger charge is -2.10. The molecule has 0 fully saturated rings. The van der Waals surface area contributed by atoms with Crippen molar-refractivity contribution in [3.8, 4) is 5.75 Å². The average molecular weight is 305 g/mol. The highest BCUT2D eigenvalue weighted by Crippen LogP contribution is 2.24. The number of benzene rings is 2. The average Bonchev–Trinajstić information content (AvgIpc) is 2.54. The summed E-state index contributed by atoms with van der Waals surface area (Å²) in [5.41, 5.74) is 6.35. The highest BCUT2D eigenvalue weighted by atomic mass is 16.5. The molecule has 0 N–H and O–H groups in total. The van der Waals surface area contributed by atoms with E-state index in [4.69, 9.17) is 4.74 Å². The molecule has 0 aliphatic rings. The van der Waals surface area contributed by atoms with Gasteiger partial charge in [-0.2, -0.15) is 0 Å². The normalized spacial score (nSPS) is 11.0. The molecule has 0 saturated carbocycles. The zero-order chi connectivity index (χ0) is 16.4. The number of rotatable bonds is 4. The van der Waals surface area contributed by atoms with Crippen molar-refractivity contribution in [2.24, 2.45) is 0 Å². The van der Waals surface area contributed by atoms with E-state index < -0.39 is 0 Å². The maximum atomic E-state index is 5.33. The third-order valence-corrected chi connectivity index (χ3v) is 4.57. The van der Waals surface area contributed by atoms with Gasteiger partial charge in [0.15, 0.2) is 0 Å². The largest absolute Gasteiger partial charge is 0.496 e. The van der Waals surface area contributed by atoms with Crippen LogP contribution in [0.4, 0.5) is 0 Å². The van der Waals surface area contributed by atoms with Crippen LogP contribution in [0.3, 0.4) is 0 Å². The number of aromatic nitrogens is 1. The summed E-state index contributed by atoms with van der Waals surface area (Å²) < 4.78 is 5.33. The van der Waals surface area contributed by atoms with Crippen molar-refractivity contribution < 1.29 is 4.74 Å². The summed E-state index contributed by atoms with van der Waals surface area (Å²) in [6.45, 7) is 6.41. The van der Waals surface area contributed by atoms with Crippen LogP contribution in [-0.4, -0.2) is 12.1 Å². The highest BCUT2D eigenvalue weighted by molar-refractivity contribution is 5.86. The Kier molecular flexibility index (Phi) is 4.33. The molecule has 2 heteroatoms. The van der Waals surface area contributed by atoms with Crippen molar-refractivity contribution in [2.75, 3.05) is 7.11 Å². The summed E-state index contributed by atoms with van der Waals surface area (Å²) in [5, 5.41) is 2.56. The van der Waals surface area contributed by atoms with Crippen molar-refractivity contribution in [3.63, 3.8) is 0 Å². The fourth-order valence-corrected chi connectivity index (χ4v) is 3.06. The van der Waals surface area contributed by atoms with E-state index in [0.29, 0.717) is 0 Å². The Morgan fingerprint density at radius 1 is 0.870 bits per heavy atom. The first-order valence-electron chi connectivity index (χ1n) is 8.07. The van der Waals surface area contributed by atoms with Gasteiger partial charge in [-0.05, 0) is 79.5 Å². The maximum absolute atomic E-state index is 5.33. The number of ether oxygens (including phenoxy) is 1. The molecule has 0 radical (unpaired) electrons. The number of fused-ring (bicyclic) bond motifs is 1. The van der Waals surface area contributed by atoms with Gasteiger partial charge >= 0.3 is 0 Å². The molecule has 3 aromatic rings. The smallest absolute Gasteiger partial charge is 0.121 e.